The third-order valence-electron chi connectivity index (χ3n) is 3.21. The summed E-state index contributed by atoms with van der Waals surface area (Å²) in [6.07, 6.45) is 2.12. The van der Waals surface area contributed by atoms with Crippen LogP contribution in [0.2, 0.25) is 0 Å². The topological polar surface area (TPSA) is 17.1 Å². The normalized spacial score (nSPS) is 10.4. The van der Waals surface area contributed by atoms with Crippen LogP contribution in [0.4, 0.5) is 4.39 Å². The Morgan fingerprint density at radius 1 is 1.11 bits per heavy atom. The van der Waals surface area contributed by atoms with Crippen LogP contribution in [-0.4, -0.2) is 5.78 Å². The summed E-state index contributed by atoms with van der Waals surface area (Å²) in [4.78, 5) is 12.0. The molecule has 0 aliphatic rings. The first-order valence-electron chi connectivity index (χ1n) is 6.50. The summed E-state index contributed by atoms with van der Waals surface area (Å²) in [5.74, 6) is -0.329. The Kier molecular flexibility index (Phi) is 4.45. The highest BCUT2D eigenvalue weighted by Crippen LogP contribution is 2.14. The van der Waals surface area contributed by atoms with Crippen LogP contribution in [0.5, 0.6) is 0 Å². The van der Waals surface area contributed by atoms with E-state index in [0.717, 1.165) is 18.4 Å². The Morgan fingerprint density at radius 2 is 1.84 bits per heavy atom. The Bertz CT molecular complexity index is 561. The van der Waals surface area contributed by atoms with Crippen molar-refractivity contribution in [3.8, 4) is 0 Å². The molecule has 0 aromatic heterocycles. The van der Waals surface area contributed by atoms with Gasteiger partial charge in [-0.25, -0.2) is 4.39 Å². The van der Waals surface area contributed by atoms with E-state index in [1.165, 1.54) is 17.7 Å². The molecule has 19 heavy (non-hydrogen) atoms. The monoisotopic (exact) mass is 256 g/mol. The number of hydrogen-bond donors (Lipinski definition) is 0. The molecule has 0 aliphatic carbocycles. The minimum absolute atomic E-state index is 0.0212. The largest absolute Gasteiger partial charge is 0.294 e. The van der Waals surface area contributed by atoms with E-state index < -0.39 is 0 Å². The van der Waals surface area contributed by atoms with Crippen LogP contribution in [0.1, 0.15) is 34.3 Å². The predicted octanol–water partition coefficient (Wildman–Crippen LogP) is 4.34. The fourth-order valence-electron chi connectivity index (χ4n) is 2.13. The van der Waals surface area contributed by atoms with E-state index in [1.807, 2.05) is 25.1 Å². The minimum atomic E-state index is -0.350. The molecule has 98 valence electrons. The van der Waals surface area contributed by atoms with Gasteiger partial charge < -0.3 is 0 Å². The molecule has 0 aliphatic heterocycles. The quantitative estimate of drug-likeness (QED) is 0.727. The number of ketones is 1. The second-order valence-corrected chi connectivity index (χ2v) is 4.72. The Balaban J connectivity index is 1.93. The van der Waals surface area contributed by atoms with Crippen LogP contribution in [0.25, 0.3) is 0 Å². The number of Topliss-reactive ketones (excluding diaryl/α,β-unsaturated/α-hetero) is 1. The third kappa shape index (κ3) is 3.75. The third-order valence-corrected chi connectivity index (χ3v) is 3.21. The molecule has 2 heteroatoms. The van der Waals surface area contributed by atoms with Gasteiger partial charge in [-0.05, 0) is 43.0 Å². The molecule has 0 amide bonds. The summed E-state index contributed by atoms with van der Waals surface area (Å²) >= 11 is 0. The lowest BCUT2D eigenvalue weighted by Crippen LogP contribution is -2.03. The van der Waals surface area contributed by atoms with E-state index in [0.29, 0.717) is 12.0 Å². The van der Waals surface area contributed by atoms with E-state index in [-0.39, 0.29) is 11.6 Å². The van der Waals surface area contributed by atoms with Crippen molar-refractivity contribution in [2.75, 3.05) is 0 Å². The van der Waals surface area contributed by atoms with Crippen LogP contribution in [0.15, 0.2) is 48.5 Å². The molecule has 0 spiro atoms. The van der Waals surface area contributed by atoms with Crippen LogP contribution in [0.3, 0.4) is 0 Å². The van der Waals surface area contributed by atoms with Gasteiger partial charge in [0.1, 0.15) is 5.82 Å². The molecule has 2 aromatic rings. The second-order valence-electron chi connectivity index (χ2n) is 4.72. The number of hydrogen-bond acceptors (Lipinski definition) is 1. The van der Waals surface area contributed by atoms with Gasteiger partial charge in [-0.1, -0.05) is 36.4 Å². The fraction of sp³-hybridized carbons (Fsp3) is 0.235. The standard InChI is InChI=1S/C17H17FO/c1-13-10-11-15(18)12-16(13)17(19)9-5-8-14-6-3-2-4-7-14/h2-4,6-7,10-12H,5,8-9H2,1H3. The summed E-state index contributed by atoms with van der Waals surface area (Å²) in [6, 6.07) is 14.4. The van der Waals surface area contributed by atoms with Crippen molar-refractivity contribution in [3.05, 3.63) is 71.0 Å². The summed E-state index contributed by atoms with van der Waals surface area (Å²) in [5.41, 5.74) is 2.57. The highest BCUT2D eigenvalue weighted by atomic mass is 19.1. The lowest BCUT2D eigenvalue weighted by atomic mass is 9.99. The average Bonchev–Trinajstić information content (AvgIpc) is 2.42. The summed E-state index contributed by atoms with van der Waals surface area (Å²) in [7, 11) is 0. The fourth-order valence-corrected chi connectivity index (χ4v) is 2.13. The molecular formula is C17H17FO. The number of rotatable bonds is 5. The van der Waals surface area contributed by atoms with Gasteiger partial charge in [0.05, 0.1) is 0 Å². The van der Waals surface area contributed by atoms with Crippen molar-refractivity contribution in [2.24, 2.45) is 0 Å². The Morgan fingerprint density at radius 3 is 2.58 bits per heavy atom. The maximum atomic E-state index is 13.1. The van der Waals surface area contributed by atoms with E-state index in [4.69, 9.17) is 0 Å². The Labute approximate surface area is 113 Å². The molecule has 0 saturated heterocycles. The zero-order chi connectivity index (χ0) is 13.7. The van der Waals surface area contributed by atoms with Crippen molar-refractivity contribution < 1.29 is 9.18 Å². The molecular weight excluding hydrogens is 239 g/mol. The van der Waals surface area contributed by atoms with Crippen molar-refractivity contribution in [2.45, 2.75) is 26.2 Å². The molecule has 0 bridgehead atoms. The molecule has 0 radical (unpaired) electrons. The maximum absolute atomic E-state index is 13.1. The molecule has 0 heterocycles. The number of carbonyl (C=O) groups is 1. The van der Waals surface area contributed by atoms with Crippen molar-refractivity contribution in [1.82, 2.24) is 0 Å². The number of carbonyl (C=O) groups excluding carboxylic acids is 1. The first-order valence-corrected chi connectivity index (χ1v) is 6.50. The van der Waals surface area contributed by atoms with Crippen molar-refractivity contribution in [1.29, 1.82) is 0 Å². The van der Waals surface area contributed by atoms with Gasteiger partial charge in [0.25, 0.3) is 0 Å². The highest BCUT2D eigenvalue weighted by Gasteiger charge is 2.09. The van der Waals surface area contributed by atoms with E-state index in [2.05, 4.69) is 12.1 Å². The number of benzene rings is 2. The molecule has 0 fully saturated rings. The van der Waals surface area contributed by atoms with Crippen LogP contribution in [-0.2, 0) is 6.42 Å². The second kappa shape index (κ2) is 6.28. The average molecular weight is 256 g/mol. The summed E-state index contributed by atoms with van der Waals surface area (Å²) < 4.78 is 13.1. The van der Waals surface area contributed by atoms with Gasteiger partial charge in [-0.3, -0.25) is 4.79 Å². The molecule has 0 saturated carbocycles. The van der Waals surface area contributed by atoms with E-state index in [9.17, 15) is 9.18 Å². The molecule has 0 N–H and O–H groups in total. The maximum Gasteiger partial charge on any atom is 0.163 e. The van der Waals surface area contributed by atoms with Crippen LogP contribution >= 0.6 is 0 Å². The lowest BCUT2D eigenvalue weighted by Gasteiger charge is -2.05. The minimum Gasteiger partial charge on any atom is -0.294 e. The summed E-state index contributed by atoms with van der Waals surface area (Å²) in [5, 5.41) is 0. The zero-order valence-corrected chi connectivity index (χ0v) is 11.0. The first-order chi connectivity index (χ1) is 9.16. The van der Waals surface area contributed by atoms with E-state index in [1.54, 1.807) is 6.07 Å². The van der Waals surface area contributed by atoms with Gasteiger partial charge in [0, 0.05) is 12.0 Å². The van der Waals surface area contributed by atoms with Crippen molar-refractivity contribution >= 4 is 5.78 Å². The molecule has 2 aromatic carbocycles. The first kappa shape index (κ1) is 13.5. The lowest BCUT2D eigenvalue weighted by molar-refractivity contribution is 0.0979. The highest BCUT2D eigenvalue weighted by molar-refractivity contribution is 5.97. The van der Waals surface area contributed by atoms with Gasteiger partial charge in [0.2, 0.25) is 0 Å². The van der Waals surface area contributed by atoms with Crippen molar-refractivity contribution in [3.63, 3.8) is 0 Å². The zero-order valence-electron chi connectivity index (χ0n) is 11.0. The van der Waals surface area contributed by atoms with Crippen LogP contribution < -0.4 is 0 Å². The Hall–Kier alpha value is -1.96. The molecule has 0 atom stereocenters. The molecule has 1 nitrogen and oxygen atoms in total. The van der Waals surface area contributed by atoms with Gasteiger partial charge >= 0.3 is 0 Å². The van der Waals surface area contributed by atoms with Gasteiger partial charge in [-0.15, -0.1) is 0 Å². The predicted molar refractivity (Wildman–Crippen MR) is 74.8 cm³/mol. The number of halogens is 1. The van der Waals surface area contributed by atoms with E-state index >= 15 is 0 Å². The smallest absolute Gasteiger partial charge is 0.163 e. The van der Waals surface area contributed by atoms with Gasteiger partial charge in [-0.2, -0.15) is 0 Å². The summed E-state index contributed by atoms with van der Waals surface area (Å²) in [6.45, 7) is 1.84. The van der Waals surface area contributed by atoms with Crippen LogP contribution in [0, 0.1) is 12.7 Å². The molecule has 2 rings (SSSR count). The number of aryl methyl sites for hydroxylation is 2. The van der Waals surface area contributed by atoms with Gasteiger partial charge in [0.15, 0.2) is 5.78 Å². The SMILES string of the molecule is Cc1ccc(F)cc1C(=O)CCCc1ccccc1. The molecule has 0 unspecified atom stereocenters.